The van der Waals surface area contributed by atoms with Crippen LogP contribution in [0.4, 0.5) is 10.1 Å². The first-order valence-electron chi connectivity index (χ1n) is 10.00. The van der Waals surface area contributed by atoms with Crippen LogP contribution in [0.3, 0.4) is 0 Å². The molecular formula is C22H27FN2O4S. The minimum absolute atomic E-state index is 0.125. The van der Waals surface area contributed by atoms with Gasteiger partial charge in [0.1, 0.15) is 0 Å². The molecule has 1 fully saturated rings. The summed E-state index contributed by atoms with van der Waals surface area (Å²) in [5.74, 6) is -0.306. The van der Waals surface area contributed by atoms with E-state index in [2.05, 4.69) is 5.32 Å². The SMILES string of the molecule is COc1ccc(NC(=O)CCC2CCN(S(=O)(=O)c3ccc(C)cc3)CC2)cc1F. The van der Waals surface area contributed by atoms with Crippen LogP contribution >= 0.6 is 0 Å². The third-order valence-corrected chi connectivity index (χ3v) is 7.36. The Hall–Kier alpha value is -2.45. The molecule has 1 heterocycles. The average Bonchev–Trinajstić information content (AvgIpc) is 2.73. The number of rotatable bonds is 7. The normalized spacial score (nSPS) is 15.7. The standard InChI is InChI=1S/C22H27FN2O4S/c1-16-3-7-19(8-4-16)30(27,28)25-13-11-17(12-14-25)5-10-22(26)24-18-6-9-21(29-2)20(23)15-18/h3-4,6-9,15,17H,5,10-14H2,1-2H3,(H,24,26). The van der Waals surface area contributed by atoms with Crippen molar-refractivity contribution in [3.8, 4) is 5.75 Å². The van der Waals surface area contributed by atoms with Gasteiger partial charge in [-0.2, -0.15) is 4.31 Å². The molecule has 0 atom stereocenters. The van der Waals surface area contributed by atoms with Gasteiger partial charge in [0, 0.05) is 31.3 Å². The number of nitrogens with one attached hydrogen (secondary N) is 1. The molecule has 6 nitrogen and oxygen atoms in total. The van der Waals surface area contributed by atoms with Crippen molar-refractivity contribution in [1.82, 2.24) is 4.31 Å². The van der Waals surface area contributed by atoms with E-state index in [9.17, 15) is 17.6 Å². The molecule has 3 rings (SSSR count). The van der Waals surface area contributed by atoms with Crippen LogP contribution in [-0.4, -0.2) is 38.8 Å². The maximum Gasteiger partial charge on any atom is 0.243 e. The van der Waals surface area contributed by atoms with Crippen LogP contribution < -0.4 is 10.1 Å². The van der Waals surface area contributed by atoms with Crippen molar-refractivity contribution in [2.45, 2.75) is 37.5 Å². The molecule has 0 saturated carbocycles. The van der Waals surface area contributed by atoms with Gasteiger partial charge in [-0.05, 0) is 56.4 Å². The molecule has 0 aliphatic carbocycles. The highest BCUT2D eigenvalue weighted by Gasteiger charge is 2.29. The number of carbonyl (C=O) groups excluding carboxylic acids is 1. The summed E-state index contributed by atoms with van der Waals surface area (Å²) in [5, 5.41) is 2.69. The van der Waals surface area contributed by atoms with E-state index < -0.39 is 15.8 Å². The summed E-state index contributed by atoms with van der Waals surface area (Å²) in [6, 6.07) is 11.2. The van der Waals surface area contributed by atoms with Gasteiger partial charge in [-0.1, -0.05) is 17.7 Å². The van der Waals surface area contributed by atoms with Crippen molar-refractivity contribution in [3.05, 3.63) is 53.8 Å². The number of nitrogens with zero attached hydrogens (tertiary/aromatic N) is 1. The van der Waals surface area contributed by atoms with Crippen LogP contribution in [0, 0.1) is 18.7 Å². The second-order valence-corrected chi connectivity index (χ2v) is 9.53. The summed E-state index contributed by atoms with van der Waals surface area (Å²) in [6.07, 6.45) is 2.41. The molecule has 30 heavy (non-hydrogen) atoms. The Kier molecular flexibility index (Phi) is 7.10. The summed E-state index contributed by atoms with van der Waals surface area (Å²) >= 11 is 0. The monoisotopic (exact) mass is 434 g/mol. The molecular weight excluding hydrogens is 407 g/mol. The third-order valence-electron chi connectivity index (χ3n) is 5.45. The molecule has 1 amide bonds. The molecule has 0 radical (unpaired) electrons. The number of amides is 1. The van der Waals surface area contributed by atoms with Crippen LogP contribution in [0.2, 0.25) is 0 Å². The highest BCUT2D eigenvalue weighted by molar-refractivity contribution is 7.89. The third kappa shape index (κ3) is 5.37. The lowest BCUT2D eigenvalue weighted by Gasteiger charge is -2.31. The van der Waals surface area contributed by atoms with E-state index in [1.165, 1.54) is 23.5 Å². The van der Waals surface area contributed by atoms with Gasteiger partial charge >= 0.3 is 0 Å². The summed E-state index contributed by atoms with van der Waals surface area (Å²) in [6.45, 7) is 2.82. The van der Waals surface area contributed by atoms with Crippen LogP contribution in [-0.2, 0) is 14.8 Å². The van der Waals surface area contributed by atoms with E-state index in [1.54, 1.807) is 30.3 Å². The molecule has 0 bridgehead atoms. The van der Waals surface area contributed by atoms with E-state index in [1.807, 2.05) is 6.92 Å². The molecule has 2 aromatic carbocycles. The predicted molar refractivity (Wildman–Crippen MR) is 113 cm³/mol. The number of sulfonamides is 1. The van der Waals surface area contributed by atoms with E-state index in [4.69, 9.17) is 4.74 Å². The topological polar surface area (TPSA) is 75.7 Å². The highest BCUT2D eigenvalue weighted by atomic mass is 32.2. The Bertz CT molecular complexity index is 985. The lowest BCUT2D eigenvalue weighted by Crippen LogP contribution is -2.38. The summed E-state index contributed by atoms with van der Waals surface area (Å²) in [5.41, 5.74) is 1.40. The molecule has 0 aromatic heterocycles. The lowest BCUT2D eigenvalue weighted by molar-refractivity contribution is -0.116. The fourth-order valence-corrected chi connectivity index (χ4v) is 5.07. The van der Waals surface area contributed by atoms with Gasteiger partial charge in [0.25, 0.3) is 0 Å². The molecule has 0 unspecified atom stereocenters. The zero-order valence-corrected chi connectivity index (χ0v) is 18.0. The Morgan fingerprint density at radius 1 is 1.17 bits per heavy atom. The summed E-state index contributed by atoms with van der Waals surface area (Å²) in [7, 11) is -2.09. The maximum absolute atomic E-state index is 13.7. The van der Waals surface area contributed by atoms with E-state index in [0.717, 1.165) is 18.4 Å². The highest BCUT2D eigenvalue weighted by Crippen LogP contribution is 2.27. The van der Waals surface area contributed by atoms with Gasteiger partial charge in [0.15, 0.2) is 11.6 Å². The zero-order valence-electron chi connectivity index (χ0n) is 17.2. The number of anilines is 1. The van der Waals surface area contributed by atoms with Crippen molar-refractivity contribution in [2.24, 2.45) is 5.92 Å². The number of piperidine rings is 1. The number of aryl methyl sites for hydroxylation is 1. The molecule has 1 aliphatic heterocycles. The summed E-state index contributed by atoms with van der Waals surface area (Å²) < 4.78 is 45.6. The second kappa shape index (κ2) is 9.57. The molecule has 162 valence electrons. The smallest absolute Gasteiger partial charge is 0.243 e. The molecule has 8 heteroatoms. The van der Waals surface area contributed by atoms with Crippen molar-refractivity contribution < 1.29 is 22.3 Å². The first-order chi connectivity index (χ1) is 14.3. The number of hydrogen-bond acceptors (Lipinski definition) is 4. The number of carbonyl (C=O) groups is 1. The molecule has 2 aromatic rings. The average molecular weight is 435 g/mol. The minimum atomic E-state index is -3.48. The van der Waals surface area contributed by atoms with Gasteiger partial charge < -0.3 is 10.1 Å². The molecule has 1 saturated heterocycles. The van der Waals surface area contributed by atoms with Crippen molar-refractivity contribution in [2.75, 3.05) is 25.5 Å². The Balaban J connectivity index is 1.47. The quantitative estimate of drug-likeness (QED) is 0.716. The van der Waals surface area contributed by atoms with Crippen LogP contribution in [0.1, 0.15) is 31.2 Å². The number of halogens is 1. The maximum atomic E-state index is 13.7. The molecule has 0 spiro atoms. The molecule has 1 aliphatic rings. The van der Waals surface area contributed by atoms with Crippen LogP contribution in [0.5, 0.6) is 5.75 Å². The minimum Gasteiger partial charge on any atom is -0.494 e. The van der Waals surface area contributed by atoms with Gasteiger partial charge in [-0.3, -0.25) is 4.79 Å². The van der Waals surface area contributed by atoms with Gasteiger partial charge in [0.2, 0.25) is 15.9 Å². The zero-order chi connectivity index (χ0) is 21.7. The number of methoxy groups -OCH3 is 1. The van der Waals surface area contributed by atoms with E-state index >= 15 is 0 Å². The predicted octanol–water partition coefficient (Wildman–Crippen LogP) is 3.96. The Morgan fingerprint density at radius 3 is 2.43 bits per heavy atom. The molecule has 1 N–H and O–H groups in total. The van der Waals surface area contributed by atoms with Crippen molar-refractivity contribution >= 4 is 21.6 Å². The van der Waals surface area contributed by atoms with Gasteiger partial charge in [0.05, 0.1) is 12.0 Å². The van der Waals surface area contributed by atoms with Crippen molar-refractivity contribution in [1.29, 1.82) is 0 Å². The van der Waals surface area contributed by atoms with Crippen molar-refractivity contribution in [3.63, 3.8) is 0 Å². The van der Waals surface area contributed by atoms with Gasteiger partial charge in [-0.25, -0.2) is 12.8 Å². The number of hydrogen-bond donors (Lipinski definition) is 1. The van der Waals surface area contributed by atoms with E-state index in [0.29, 0.717) is 36.5 Å². The Labute approximate surface area is 177 Å². The van der Waals surface area contributed by atoms with Crippen LogP contribution in [0.15, 0.2) is 47.4 Å². The number of benzene rings is 2. The first kappa shape index (κ1) is 22.2. The lowest BCUT2D eigenvalue weighted by atomic mass is 9.93. The van der Waals surface area contributed by atoms with E-state index in [-0.39, 0.29) is 17.6 Å². The fraction of sp³-hybridized carbons (Fsp3) is 0.409. The van der Waals surface area contributed by atoms with Gasteiger partial charge in [-0.15, -0.1) is 0 Å². The largest absolute Gasteiger partial charge is 0.494 e. The summed E-state index contributed by atoms with van der Waals surface area (Å²) in [4.78, 5) is 12.5. The first-order valence-corrected chi connectivity index (χ1v) is 11.4. The fourth-order valence-electron chi connectivity index (χ4n) is 3.60. The second-order valence-electron chi connectivity index (χ2n) is 7.60. The number of ether oxygens (including phenoxy) is 1. The van der Waals surface area contributed by atoms with Crippen LogP contribution in [0.25, 0.3) is 0 Å². The Morgan fingerprint density at radius 2 is 1.83 bits per heavy atom.